The average molecular weight is 278 g/mol. The number of rotatable bonds is 6. The maximum absolute atomic E-state index is 11.9. The number of benzene rings is 1. The third-order valence-electron chi connectivity index (χ3n) is 3.56. The third-order valence-corrected chi connectivity index (χ3v) is 3.56. The first-order valence-corrected chi connectivity index (χ1v) is 6.96. The molecule has 1 saturated heterocycles. The van der Waals surface area contributed by atoms with Gasteiger partial charge in [0.1, 0.15) is 11.5 Å². The molecule has 0 unspecified atom stereocenters. The van der Waals surface area contributed by atoms with Crippen molar-refractivity contribution in [1.29, 1.82) is 0 Å². The van der Waals surface area contributed by atoms with Crippen molar-refractivity contribution in [2.45, 2.75) is 25.3 Å². The quantitative estimate of drug-likeness (QED) is 0.818. The van der Waals surface area contributed by atoms with Crippen molar-refractivity contribution >= 4 is 5.91 Å². The summed E-state index contributed by atoms with van der Waals surface area (Å²) in [6.07, 6.45) is 2.72. The second-order valence-electron chi connectivity index (χ2n) is 4.87. The van der Waals surface area contributed by atoms with Gasteiger partial charge in [-0.1, -0.05) is 0 Å². The van der Waals surface area contributed by atoms with E-state index < -0.39 is 0 Å². The van der Waals surface area contributed by atoms with E-state index in [2.05, 4.69) is 10.6 Å². The van der Waals surface area contributed by atoms with Crippen LogP contribution in [0.3, 0.4) is 0 Å². The van der Waals surface area contributed by atoms with Crippen LogP contribution in [0.15, 0.2) is 18.2 Å². The van der Waals surface area contributed by atoms with Crippen molar-refractivity contribution in [3.8, 4) is 11.5 Å². The fraction of sp³-hybridized carbons (Fsp3) is 0.533. The second-order valence-corrected chi connectivity index (χ2v) is 4.87. The molecule has 1 aromatic rings. The van der Waals surface area contributed by atoms with Crippen molar-refractivity contribution in [3.63, 3.8) is 0 Å². The zero-order chi connectivity index (χ0) is 14.4. The summed E-state index contributed by atoms with van der Waals surface area (Å²) in [5.74, 6) is 1.70. The van der Waals surface area contributed by atoms with E-state index in [0.29, 0.717) is 6.54 Å². The molecule has 0 radical (unpaired) electrons. The van der Waals surface area contributed by atoms with Gasteiger partial charge in [0.15, 0.2) is 0 Å². The van der Waals surface area contributed by atoms with Crippen molar-refractivity contribution < 1.29 is 14.3 Å². The number of ether oxygens (including phenoxy) is 2. The predicted octanol–water partition coefficient (Wildman–Crippen LogP) is 1.11. The Labute approximate surface area is 119 Å². The lowest BCUT2D eigenvalue weighted by atomic mass is 10.1. The number of nitrogens with one attached hydrogen (secondary N) is 2. The molecule has 0 saturated carbocycles. The Balaban J connectivity index is 1.87. The van der Waals surface area contributed by atoms with Crippen molar-refractivity contribution in [2.24, 2.45) is 0 Å². The average Bonchev–Trinajstić information content (AvgIpc) is 3.01. The van der Waals surface area contributed by atoms with E-state index in [1.807, 2.05) is 18.2 Å². The summed E-state index contributed by atoms with van der Waals surface area (Å²) < 4.78 is 10.5. The fourth-order valence-corrected chi connectivity index (χ4v) is 2.43. The summed E-state index contributed by atoms with van der Waals surface area (Å²) in [6.45, 7) is 1.53. The smallest absolute Gasteiger partial charge is 0.237 e. The van der Waals surface area contributed by atoms with Gasteiger partial charge in [0.2, 0.25) is 5.91 Å². The zero-order valence-electron chi connectivity index (χ0n) is 12.1. The number of carbonyl (C=O) groups is 1. The minimum Gasteiger partial charge on any atom is -0.497 e. The van der Waals surface area contributed by atoms with Gasteiger partial charge in [-0.05, 0) is 49.6 Å². The van der Waals surface area contributed by atoms with Crippen molar-refractivity contribution in [2.75, 3.05) is 27.3 Å². The lowest BCUT2D eigenvalue weighted by Gasteiger charge is -2.13. The number of methoxy groups -OCH3 is 2. The minimum atomic E-state index is -0.0257. The van der Waals surface area contributed by atoms with E-state index in [9.17, 15) is 4.79 Å². The fourth-order valence-electron chi connectivity index (χ4n) is 2.43. The summed E-state index contributed by atoms with van der Waals surface area (Å²) >= 11 is 0. The standard InChI is InChI=1S/C15H22N2O3/c1-19-12-5-6-14(20-2)11(10-12)7-9-17-15(18)13-4-3-8-16-13/h5-6,10,13,16H,3-4,7-9H2,1-2H3,(H,17,18)/t13-/m0/s1. The molecule has 2 N–H and O–H groups in total. The Hall–Kier alpha value is -1.75. The predicted molar refractivity (Wildman–Crippen MR) is 77.3 cm³/mol. The molecule has 0 bridgehead atoms. The molecule has 1 atom stereocenters. The minimum absolute atomic E-state index is 0.0257. The van der Waals surface area contributed by atoms with E-state index in [1.165, 1.54) is 0 Å². The third kappa shape index (κ3) is 3.63. The molecular weight excluding hydrogens is 256 g/mol. The summed E-state index contributed by atoms with van der Waals surface area (Å²) in [7, 11) is 3.28. The van der Waals surface area contributed by atoms with Gasteiger partial charge in [0, 0.05) is 6.54 Å². The Morgan fingerprint density at radius 2 is 2.25 bits per heavy atom. The maximum Gasteiger partial charge on any atom is 0.237 e. The van der Waals surface area contributed by atoms with Crippen LogP contribution in [0.25, 0.3) is 0 Å². The van der Waals surface area contributed by atoms with Gasteiger partial charge in [-0.3, -0.25) is 4.79 Å². The number of hydrogen-bond donors (Lipinski definition) is 2. The first-order valence-electron chi connectivity index (χ1n) is 6.96. The molecule has 0 aromatic heterocycles. The summed E-state index contributed by atoms with van der Waals surface area (Å²) in [4.78, 5) is 11.9. The molecule has 1 fully saturated rings. The molecule has 1 heterocycles. The molecule has 0 spiro atoms. The maximum atomic E-state index is 11.9. The molecule has 1 amide bonds. The van der Waals surface area contributed by atoms with Crippen LogP contribution in [0, 0.1) is 0 Å². The zero-order valence-corrected chi connectivity index (χ0v) is 12.1. The molecule has 1 aliphatic rings. The number of carbonyl (C=O) groups excluding carboxylic acids is 1. The summed E-state index contributed by atoms with van der Waals surface area (Å²) in [5.41, 5.74) is 1.03. The Kier molecular flexibility index (Phi) is 5.24. The second kappa shape index (κ2) is 7.14. The molecule has 5 nitrogen and oxygen atoms in total. The van der Waals surface area contributed by atoms with Gasteiger partial charge in [-0.25, -0.2) is 0 Å². The van der Waals surface area contributed by atoms with Gasteiger partial charge in [-0.2, -0.15) is 0 Å². The van der Waals surface area contributed by atoms with E-state index in [-0.39, 0.29) is 11.9 Å². The highest BCUT2D eigenvalue weighted by molar-refractivity contribution is 5.82. The molecule has 20 heavy (non-hydrogen) atoms. The van der Waals surface area contributed by atoms with Gasteiger partial charge in [0.25, 0.3) is 0 Å². The molecule has 1 aromatic carbocycles. The number of hydrogen-bond acceptors (Lipinski definition) is 4. The first-order chi connectivity index (χ1) is 9.74. The van der Waals surface area contributed by atoms with Crippen LogP contribution >= 0.6 is 0 Å². The monoisotopic (exact) mass is 278 g/mol. The summed E-state index contributed by atoms with van der Waals surface area (Å²) in [5, 5.41) is 6.15. The Morgan fingerprint density at radius 3 is 2.90 bits per heavy atom. The van der Waals surface area contributed by atoms with Crippen LogP contribution in [0.5, 0.6) is 11.5 Å². The highest BCUT2D eigenvalue weighted by atomic mass is 16.5. The van der Waals surface area contributed by atoms with E-state index >= 15 is 0 Å². The van der Waals surface area contributed by atoms with Gasteiger partial charge in [0.05, 0.1) is 20.3 Å². The molecule has 110 valence electrons. The van der Waals surface area contributed by atoms with Crippen LogP contribution in [-0.4, -0.2) is 39.3 Å². The van der Waals surface area contributed by atoms with Gasteiger partial charge >= 0.3 is 0 Å². The number of amides is 1. The molecule has 2 rings (SSSR count). The van der Waals surface area contributed by atoms with Crippen LogP contribution in [0.4, 0.5) is 0 Å². The van der Waals surface area contributed by atoms with Crippen molar-refractivity contribution in [1.82, 2.24) is 10.6 Å². The van der Waals surface area contributed by atoms with Crippen molar-refractivity contribution in [3.05, 3.63) is 23.8 Å². The largest absolute Gasteiger partial charge is 0.497 e. The summed E-state index contributed by atoms with van der Waals surface area (Å²) in [6, 6.07) is 5.67. The van der Waals surface area contributed by atoms with E-state index in [1.54, 1.807) is 14.2 Å². The highest BCUT2D eigenvalue weighted by Crippen LogP contribution is 2.24. The van der Waals surface area contributed by atoms with Crippen LogP contribution in [0.1, 0.15) is 18.4 Å². The van der Waals surface area contributed by atoms with Crippen LogP contribution in [-0.2, 0) is 11.2 Å². The first kappa shape index (κ1) is 14.7. The molecule has 0 aliphatic carbocycles. The van der Waals surface area contributed by atoms with Crippen LogP contribution < -0.4 is 20.1 Å². The SMILES string of the molecule is COc1ccc(OC)c(CCNC(=O)[C@@H]2CCCN2)c1. The lowest BCUT2D eigenvalue weighted by molar-refractivity contribution is -0.122. The van der Waals surface area contributed by atoms with E-state index in [0.717, 1.165) is 42.9 Å². The Morgan fingerprint density at radius 1 is 1.40 bits per heavy atom. The molecule has 1 aliphatic heterocycles. The molecular formula is C15H22N2O3. The normalized spacial score (nSPS) is 17.8. The van der Waals surface area contributed by atoms with Gasteiger partial charge < -0.3 is 20.1 Å². The lowest BCUT2D eigenvalue weighted by Crippen LogP contribution is -2.41. The Bertz CT molecular complexity index is 456. The molecule has 5 heteroatoms. The van der Waals surface area contributed by atoms with Gasteiger partial charge in [-0.15, -0.1) is 0 Å². The van der Waals surface area contributed by atoms with E-state index in [4.69, 9.17) is 9.47 Å². The topological polar surface area (TPSA) is 59.6 Å². The highest BCUT2D eigenvalue weighted by Gasteiger charge is 2.21. The van der Waals surface area contributed by atoms with Crippen LogP contribution in [0.2, 0.25) is 0 Å².